The minimum atomic E-state index is -0.252. The molecule has 15 heavy (non-hydrogen) atoms. The lowest BCUT2D eigenvalue weighted by Crippen LogP contribution is -1.94. The zero-order valence-corrected chi connectivity index (χ0v) is 8.33. The Morgan fingerprint density at radius 2 is 2.27 bits per heavy atom. The molecule has 0 atom stereocenters. The molecule has 2 rings (SSSR count). The maximum Gasteiger partial charge on any atom is 0.208 e. The van der Waals surface area contributed by atoms with Crippen LogP contribution in [0.2, 0.25) is 0 Å². The topological polar surface area (TPSA) is 52.0 Å². The van der Waals surface area contributed by atoms with Crippen LogP contribution in [0.1, 0.15) is 11.5 Å². The van der Waals surface area contributed by atoms with Gasteiger partial charge >= 0.3 is 0 Å². The molecule has 1 aromatic carbocycles. The lowest BCUT2D eigenvalue weighted by molar-refractivity contribution is 0.509. The van der Waals surface area contributed by atoms with Crippen molar-refractivity contribution >= 4 is 0 Å². The van der Waals surface area contributed by atoms with Crippen molar-refractivity contribution in [3.63, 3.8) is 0 Å². The van der Waals surface area contributed by atoms with Gasteiger partial charge in [-0.1, -0.05) is 12.1 Å². The van der Waals surface area contributed by atoms with E-state index in [0.717, 1.165) is 0 Å². The Balaban J connectivity index is 2.40. The molecule has 2 N–H and O–H groups in total. The number of aromatic nitrogens is 1. The first-order chi connectivity index (χ1) is 7.20. The van der Waals surface area contributed by atoms with Crippen molar-refractivity contribution in [2.24, 2.45) is 5.73 Å². The molecule has 0 saturated carbocycles. The van der Waals surface area contributed by atoms with Crippen molar-refractivity contribution in [1.82, 2.24) is 4.98 Å². The second-order valence-electron chi connectivity index (χ2n) is 3.29. The average molecular weight is 206 g/mol. The fourth-order valence-electron chi connectivity index (χ4n) is 1.28. The fraction of sp³-hybridized carbons (Fsp3) is 0.182. The van der Waals surface area contributed by atoms with Gasteiger partial charge < -0.3 is 10.2 Å². The number of oxazole rings is 1. The zero-order chi connectivity index (χ0) is 10.8. The largest absolute Gasteiger partial charge is 0.439 e. The number of rotatable bonds is 2. The van der Waals surface area contributed by atoms with Crippen LogP contribution in [0, 0.1) is 12.7 Å². The van der Waals surface area contributed by atoms with Crippen LogP contribution in [0.5, 0.6) is 0 Å². The summed E-state index contributed by atoms with van der Waals surface area (Å²) in [5.41, 5.74) is 6.65. The molecule has 0 amide bonds. The molecule has 2 aromatic rings. The van der Waals surface area contributed by atoms with E-state index in [2.05, 4.69) is 4.98 Å². The smallest absolute Gasteiger partial charge is 0.208 e. The summed E-state index contributed by atoms with van der Waals surface area (Å²) in [7, 11) is 0. The first-order valence-electron chi connectivity index (χ1n) is 4.62. The molecule has 1 aromatic heterocycles. The monoisotopic (exact) mass is 206 g/mol. The Hall–Kier alpha value is -1.68. The number of hydrogen-bond acceptors (Lipinski definition) is 3. The van der Waals surface area contributed by atoms with Gasteiger partial charge in [0, 0.05) is 5.56 Å². The molecule has 0 unspecified atom stereocenters. The normalized spacial score (nSPS) is 10.6. The Morgan fingerprint density at radius 1 is 1.47 bits per heavy atom. The van der Waals surface area contributed by atoms with Gasteiger partial charge in [-0.15, -0.1) is 0 Å². The van der Waals surface area contributed by atoms with E-state index in [1.165, 1.54) is 6.07 Å². The Kier molecular flexibility index (Phi) is 2.51. The second-order valence-corrected chi connectivity index (χ2v) is 3.29. The first-order valence-corrected chi connectivity index (χ1v) is 4.62. The molecule has 0 radical (unpaired) electrons. The summed E-state index contributed by atoms with van der Waals surface area (Å²) in [4.78, 5) is 3.95. The maximum atomic E-state index is 13.3. The molecule has 0 aliphatic heterocycles. The van der Waals surface area contributed by atoms with Gasteiger partial charge in [0.15, 0.2) is 5.76 Å². The van der Waals surface area contributed by atoms with Crippen molar-refractivity contribution in [3.05, 3.63) is 41.7 Å². The summed E-state index contributed by atoms with van der Waals surface area (Å²) < 4.78 is 18.6. The third kappa shape index (κ3) is 1.89. The predicted octanol–water partition coefficient (Wildman–Crippen LogP) is 2.25. The number of nitrogens with zero attached hydrogens (tertiary/aromatic N) is 1. The standard InChI is InChI=1S/C11H11FN2O/c1-7-2-3-8(4-9(7)12)10-6-14-11(5-13)15-10/h2-4,6H,5,13H2,1H3. The summed E-state index contributed by atoms with van der Waals surface area (Å²) in [6.45, 7) is 1.96. The van der Waals surface area contributed by atoms with Gasteiger partial charge in [0.25, 0.3) is 0 Å². The van der Waals surface area contributed by atoms with Gasteiger partial charge in [-0.2, -0.15) is 0 Å². The molecule has 0 saturated heterocycles. The molecular formula is C11H11FN2O. The van der Waals surface area contributed by atoms with Crippen molar-refractivity contribution < 1.29 is 8.81 Å². The molecule has 0 spiro atoms. The molecule has 0 bridgehead atoms. The average Bonchev–Trinajstić information content (AvgIpc) is 2.70. The minimum Gasteiger partial charge on any atom is -0.439 e. The van der Waals surface area contributed by atoms with E-state index in [1.54, 1.807) is 25.3 Å². The zero-order valence-electron chi connectivity index (χ0n) is 8.33. The summed E-state index contributed by atoms with van der Waals surface area (Å²) >= 11 is 0. The Labute approximate surface area is 86.7 Å². The van der Waals surface area contributed by atoms with Crippen LogP contribution in [0.15, 0.2) is 28.8 Å². The molecule has 0 aliphatic rings. The van der Waals surface area contributed by atoms with Crippen molar-refractivity contribution in [2.45, 2.75) is 13.5 Å². The van der Waals surface area contributed by atoms with Gasteiger partial charge in [0.2, 0.25) is 5.89 Å². The van der Waals surface area contributed by atoms with Crippen LogP contribution in [0.3, 0.4) is 0 Å². The fourth-order valence-corrected chi connectivity index (χ4v) is 1.28. The number of aryl methyl sites for hydroxylation is 1. The van der Waals surface area contributed by atoms with E-state index in [-0.39, 0.29) is 12.4 Å². The van der Waals surface area contributed by atoms with Crippen LogP contribution in [0.4, 0.5) is 4.39 Å². The first kappa shape index (κ1) is 9.86. The van der Waals surface area contributed by atoms with Gasteiger partial charge in [0.1, 0.15) is 5.82 Å². The highest BCUT2D eigenvalue weighted by Gasteiger charge is 2.07. The summed E-state index contributed by atoms with van der Waals surface area (Å²) in [5, 5.41) is 0. The molecular weight excluding hydrogens is 195 g/mol. The highest BCUT2D eigenvalue weighted by molar-refractivity contribution is 5.56. The van der Waals surface area contributed by atoms with Crippen LogP contribution in [-0.2, 0) is 6.54 Å². The molecule has 78 valence electrons. The number of halogens is 1. The number of benzene rings is 1. The summed E-state index contributed by atoms with van der Waals surface area (Å²) in [6, 6.07) is 4.92. The second kappa shape index (κ2) is 3.82. The quantitative estimate of drug-likeness (QED) is 0.819. The Morgan fingerprint density at radius 3 is 2.87 bits per heavy atom. The lowest BCUT2D eigenvalue weighted by atomic mass is 10.1. The van der Waals surface area contributed by atoms with Crippen LogP contribution >= 0.6 is 0 Å². The highest BCUT2D eigenvalue weighted by atomic mass is 19.1. The van der Waals surface area contributed by atoms with Crippen LogP contribution in [0.25, 0.3) is 11.3 Å². The van der Waals surface area contributed by atoms with E-state index in [4.69, 9.17) is 10.2 Å². The SMILES string of the molecule is Cc1ccc(-c2cnc(CN)o2)cc1F. The molecule has 0 fully saturated rings. The van der Waals surface area contributed by atoms with Gasteiger partial charge in [0.05, 0.1) is 12.7 Å². The predicted molar refractivity (Wildman–Crippen MR) is 54.5 cm³/mol. The van der Waals surface area contributed by atoms with Crippen LogP contribution < -0.4 is 5.73 Å². The van der Waals surface area contributed by atoms with Crippen molar-refractivity contribution in [2.75, 3.05) is 0 Å². The van der Waals surface area contributed by atoms with E-state index in [0.29, 0.717) is 22.8 Å². The Bertz CT molecular complexity index is 479. The van der Waals surface area contributed by atoms with E-state index >= 15 is 0 Å². The summed E-state index contributed by atoms with van der Waals surface area (Å²) in [6.07, 6.45) is 1.55. The third-order valence-electron chi connectivity index (χ3n) is 2.18. The molecule has 0 aliphatic carbocycles. The molecule has 4 heteroatoms. The summed E-state index contributed by atoms with van der Waals surface area (Å²) in [5.74, 6) is 0.735. The highest BCUT2D eigenvalue weighted by Crippen LogP contribution is 2.22. The minimum absolute atomic E-state index is 0.244. The molecule has 1 heterocycles. The van der Waals surface area contributed by atoms with E-state index in [9.17, 15) is 4.39 Å². The van der Waals surface area contributed by atoms with Crippen LogP contribution in [-0.4, -0.2) is 4.98 Å². The third-order valence-corrected chi connectivity index (χ3v) is 2.18. The lowest BCUT2D eigenvalue weighted by Gasteiger charge is -1.99. The number of nitrogens with two attached hydrogens (primary N) is 1. The molecule has 3 nitrogen and oxygen atoms in total. The van der Waals surface area contributed by atoms with Gasteiger partial charge in [-0.25, -0.2) is 9.37 Å². The van der Waals surface area contributed by atoms with Crippen molar-refractivity contribution in [1.29, 1.82) is 0 Å². The maximum absolute atomic E-state index is 13.3. The van der Waals surface area contributed by atoms with Gasteiger partial charge in [-0.05, 0) is 18.6 Å². The number of hydrogen-bond donors (Lipinski definition) is 1. The van der Waals surface area contributed by atoms with Crippen molar-refractivity contribution in [3.8, 4) is 11.3 Å². The van der Waals surface area contributed by atoms with E-state index in [1.807, 2.05) is 0 Å². The van der Waals surface area contributed by atoms with Gasteiger partial charge in [-0.3, -0.25) is 0 Å². The van der Waals surface area contributed by atoms with E-state index < -0.39 is 0 Å².